The number of anilines is 1. The quantitative estimate of drug-likeness (QED) is 0.547. The molecule has 0 saturated carbocycles. The number of nitrogens with two attached hydrogens (primary N) is 1. The molecule has 1 atom stereocenters. The molecule has 0 fully saturated rings. The minimum Gasteiger partial charge on any atom is -0.483 e. The molecular formula is C15H10Cl3FN2OS. The zero-order chi connectivity index (χ0) is 16.7. The number of benzene rings is 2. The number of rotatable bonds is 3. The Morgan fingerprint density at radius 3 is 2.65 bits per heavy atom. The van der Waals surface area contributed by atoms with Crippen molar-refractivity contribution in [1.82, 2.24) is 4.98 Å². The zero-order valence-electron chi connectivity index (χ0n) is 11.7. The van der Waals surface area contributed by atoms with Gasteiger partial charge >= 0.3 is 0 Å². The Kier molecular flexibility index (Phi) is 4.56. The maximum absolute atomic E-state index is 14.2. The van der Waals surface area contributed by atoms with Crippen molar-refractivity contribution in [1.29, 1.82) is 0 Å². The van der Waals surface area contributed by atoms with E-state index in [1.54, 1.807) is 25.1 Å². The summed E-state index contributed by atoms with van der Waals surface area (Å²) >= 11 is 19.6. The van der Waals surface area contributed by atoms with Gasteiger partial charge in [0.25, 0.3) is 0 Å². The van der Waals surface area contributed by atoms with Gasteiger partial charge in [0.05, 0.1) is 20.3 Å². The van der Waals surface area contributed by atoms with E-state index in [2.05, 4.69) is 4.98 Å². The lowest BCUT2D eigenvalue weighted by molar-refractivity contribution is 0.217. The van der Waals surface area contributed by atoms with E-state index in [1.807, 2.05) is 0 Å². The molecule has 0 saturated heterocycles. The van der Waals surface area contributed by atoms with Crippen molar-refractivity contribution in [3.05, 3.63) is 50.7 Å². The molecule has 3 nitrogen and oxygen atoms in total. The lowest BCUT2D eigenvalue weighted by Gasteiger charge is -2.18. The second-order valence-corrected chi connectivity index (χ2v) is 7.07. The van der Waals surface area contributed by atoms with Crippen molar-refractivity contribution < 1.29 is 9.13 Å². The fourth-order valence-corrected chi connectivity index (χ4v) is 3.79. The zero-order valence-corrected chi connectivity index (χ0v) is 14.8. The number of nitrogens with zero attached hydrogens (tertiary/aromatic N) is 1. The summed E-state index contributed by atoms with van der Waals surface area (Å²) in [6.07, 6.45) is -0.592. The van der Waals surface area contributed by atoms with E-state index in [9.17, 15) is 4.39 Å². The molecule has 23 heavy (non-hydrogen) atoms. The molecule has 3 rings (SSSR count). The summed E-state index contributed by atoms with van der Waals surface area (Å²) < 4.78 is 20.6. The van der Waals surface area contributed by atoms with Crippen LogP contribution in [0.1, 0.15) is 18.6 Å². The minimum atomic E-state index is -0.592. The van der Waals surface area contributed by atoms with Crippen LogP contribution in [0.5, 0.6) is 5.75 Å². The third-order valence-electron chi connectivity index (χ3n) is 3.25. The fourth-order valence-electron chi connectivity index (χ4n) is 2.20. The van der Waals surface area contributed by atoms with Gasteiger partial charge in [0.15, 0.2) is 16.7 Å². The standard InChI is InChI=1S/C15H10Cl3FN2OS/c1-6(13-7(16)2-3-8(17)14(13)18)22-11-5-12-10(4-9(11)19)21-15(20)23-12/h2-6H,1H3,(H2,20,21). The van der Waals surface area contributed by atoms with Crippen LogP contribution < -0.4 is 10.5 Å². The predicted molar refractivity (Wildman–Crippen MR) is 94.5 cm³/mol. The summed E-state index contributed by atoms with van der Waals surface area (Å²) in [7, 11) is 0. The highest BCUT2D eigenvalue weighted by Crippen LogP contribution is 2.39. The van der Waals surface area contributed by atoms with Crippen LogP contribution in [0.15, 0.2) is 24.3 Å². The van der Waals surface area contributed by atoms with Crippen LogP contribution in [0.4, 0.5) is 9.52 Å². The largest absolute Gasteiger partial charge is 0.483 e. The normalized spacial score (nSPS) is 12.6. The number of fused-ring (bicyclic) bond motifs is 1. The monoisotopic (exact) mass is 390 g/mol. The third-order valence-corrected chi connectivity index (χ3v) is 5.24. The maximum Gasteiger partial charge on any atom is 0.181 e. The lowest BCUT2D eigenvalue weighted by Crippen LogP contribution is -2.06. The summed E-state index contributed by atoms with van der Waals surface area (Å²) in [5.74, 6) is -0.468. The van der Waals surface area contributed by atoms with E-state index in [0.29, 0.717) is 26.3 Å². The second-order valence-electron chi connectivity index (χ2n) is 4.82. The maximum atomic E-state index is 14.2. The van der Waals surface area contributed by atoms with Gasteiger partial charge in [-0.2, -0.15) is 0 Å². The Morgan fingerprint density at radius 2 is 1.91 bits per heavy atom. The van der Waals surface area contributed by atoms with E-state index < -0.39 is 11.9 Å². The number of thiazole rings is 1. The molecule has 0 aliphatic rings. The highest BCUT2D eigenvalue weighted by atomic mass is 35.5. The Labute approximate surface area is 150 Å². The van der Waals surface area contributed by atoms with Crippen LogP contribution in [-0.2, 0) is 0 Å². The van der Waals surface area contributed by atoms with Crippen molar-refractivity contribution >= 4 is 61.5 Å². The van der Waals surface area contributed by atoms with E-state index in [-0.39, 0.29) is 10.8 Å². The molecule has 8 heteroatoms. The van der Waals surface area contributed by atoms with E-state index in [4.69, 9.17) is 45.3 Å². The molecule has 1 unspecified atom stereocenters. The van der Waals surface area contributed by atoms with Crippen molar-refractivity contribution in [3.8, 4) is 5.75 Å². The molecule has 1 aromatic heterocycles. The van der Waals surface area contributed by atoms with Gasteiger partial charge in [-0.15, -0.1) is 0 Å². The first-order valence-corrected chi connectivity index (χ1v) is 8.47. The Hall–Kier alpha value is -1.27. The number of hydrogen-bond donors (Lipinski definition) is 1. The number of aromatic nitrogens is 1. The van der Waals surface area contributed by atoms with Gasteiger partial charge in [-0.3, -0.25) is 0 Å². The second kappa shape index (κ2) is 6.32. The first-order valence-electron chi connectivity index (χ1n) is 6.52. The molecule has 2 N–H and O–H groups in total. The number of ether oxygens (including phenoxy) is 1. The molecule has 0 aliphatic heterocycles. The smallest absolute Gasteiger partial charge is 0.181 e. The van der Waals surface area contributed by atoms with Crippen molar-refractivity contribution in [3.63, 3.8) is 0 Å². The highest BCUT2D eigenvalue weighted by molar-refractivity contribution is 7.22. The Balaban J connectivity index is 1.98. The van der Waals surface area contributed by atoms with Gasteiger partial charge in [0.1, 0.15) is 6.10 Å². The predicted octanol–water partition coefficient (Wildman–Crippen LogP) is 6.12. The van der Waals surface area contributed by atoms with Gasteiger partial charge in [-0.25, -0.2) is 9.37 Å². The van der Waals surface area contributed by atoms with Crippen LogP contribution in [0.3, 0.4) is 0 Å². The first kappa shape index (κ1) is 16.6. The fraction of sp³-hybridized carbons (Fsp3) is 0.133. The van der Waals surface area contributed by atoms with Gasteiger partial charge in [-0.1, -0.05) is 46.1 Å². The van der Waals surface area contributed by atoms with Crippen molar-refractivity contribution in [2.45, 2.75) is 13.0 Å². The highest BCUT2D eigenvalue weighted by Gasteiger charge is 2.20. The van der Waals surface area contributed by atoms with E-state index >= 15 is 0 Å². The van der Waals surface area contributed by atoms with Gasteiger partial charge < -0.3 is 10.5 Å². The van der Waals surface area contributed by atoms with Gasteiger partial charge in [-0.05, 0) is 19.1 Å². The van der Waals surface area contributed by atoms with E-state index in [1.165, 1.54) is 17.4 Å². The Morgan fingerprint density at radius 1 is 1.22 bits per heavy atom. The van der Waals surface area contributed by atoms with Crippen molar-refractivity contribution in [2.75, 3.05) is 5.73 Å². The molecule has 120 valence electrons. The molecule has 0 bridgehead atoms. The molecule has 3 aromatic rings. The summed E-state index contributed by atoms with van der Waals surface area (Å²) in [5, 5.41) is 1.41. The van der Waals surface area contributed by atoms with Crippen LogP contribution in [0.25, 0.3) is 10.2 Å². The summed E-state index contributed by atoms with van der Waals surface area (Å²) in [6.45, 7) is 1.72. The van der Waals surface area contributed by atoms with Crippen molar-refractivity contribution in [2.24, 2.45) is 0 Å². The molecule has 2 aromatic carbocycles. The molecule has 0 radical (unpaired) electrons. The average Bonchev–Trinajstić information content (AvgIpc) is 2.83. The van der Waals surface area contributed by atoms with E-state index in [0.717, 1.165) is 4.70 Å². The average molecular weight is 392 g/mol. The first-order chi connectivity index (χ1) is 10.9. The molecule has 1 heterocycles. The Bertz CT molecular complexity index is 900. The van der Waals surface area contributed by atoms with Gasteiger partial charge in [0.2, 0.25) is 0 Å². The summed E-state index contributed by atoms with van der Waals surface area (Å²) in [6, 6.07) is 6.05. The number of hydrogen-bond acceptors (Lipinski definition) is 4. The van der Waals surface area contributed by atoms with Crippen LogP contribution in [0.2, 0.25) is 15.1 Å². The third kappa shape index (κ3) is 3.19. The molecule has 0 aliphatic carbocycles. The lowest BCUT2D eigenvalue weighted by atomic mass is 10.1. The summed E-state index contributed by atoms with van der Waals surface area (Å²) in [5.41, 5.74) is 6.63. The summed E-state index contributed by atoms with van der Waals surface area (Å²) in [4.78, 5) is 4.03. The van der Waals surface area contributed by atoms with Crippen LogP contribution >= 0.6 is 46.1 Å². The minimum absolute atomic E-state index is 0.0701. The van der Waals surface area contributed by atoms with Gasteiger partial charge in [0, 0.05) is 22.7 Å². The molecule has 0 amide bonds. The van der Waals surface area contributed by atoms with Crippen LogP contribution in [-0.4, -0.2) is 4.98 Å². The SMILES string of the molecule is CC(Oc1cc2sc(N)nc2cc1F)c1c(Cl)ccc(Cl)c1Cl. The topological polar surface area (TPSA) is 48.1 Å². The number of nitrogen functional groups attached to an aromatic ring is 1. The number of halogens is 4. The molecular weight excluding hydrogens is 382 g/mol. The van der Waals surface area contributed by atoms with Crippen LogP contribution in [0, 0.1) is 5.82 Å². The molecule has 0 spiro atoms.